The van der Waals surface area contributed by atoms with Gasteiger partial charge in [0.25, 0.3) is 0 Å². The third-order valence-corrected chi connectivity index (χ3v) is 3.67. The predicted molar refractivity (Wildman–Crippen MR) is 84.9 cm³/mol. The summed E-state index contributed by atoms with van der Waals surface area (Å²) in [4.78, 5) is 6.99. The normalized spacial score (nSPS) is 14.1. The summed E-state index contributed by atoms with van der Waals surface area (Å²) in [7, 11) is 0. The number of aromatic nitrogens is 1. The number of rotatable bonds is 7. The molecule has 0 aromatic carbocycles. The first kappa shape index (κ1) is 14.9. The largest absolute Gasteiger partial charge is 0.345 e. The van der Waals surface area contributed by atoms with E-state index in [-0.39, 0.29) is 0 Å². The molecule has 0 bridgehead atoms. The van der Waals surface area contributed by atoms with Gasteiger partial charge in [0.15, 0.2) is 0 Å². The van der Waals surface area contributed by atoms with Crippen LogP contribution in [-0.2, 0) is 6.54 Å². The molecule has 1 saturated carbocycles. The Bertz CT molecular complexity index is 498. The fraction of sp³-hybridized carbons (Fsp3) is 0.588. The van der Waals surface area contributed by atoms with Crippen molar-refractivity contribution in [2.24, 2.45) is 0 Å². The van der Waals surface area contributed by atoms with Crippen molar-refractivity contribution in [3.8, 4) is 12.3 Å². The van der Waals surface area contributed by atoms with Crippen LogP contribution in [0.1, 0.15) is 43.0 Å². The molecule has 3 heteroatoms. The van der Waals surface area contributed by atoms with E-state index < -0.39 is 0 Å². The molecule has 20 heavy (non-hydrogen) atoms. The Hall–Kier alpha value is -1.53. The van der Waals surface area contributed by atoms with Gasteiger partial charge in [-0.15, -0.1) is 6.42 Å². The van der Waals surface area contributed by atoms with Crippen molar-refractivity contribution in [3.05, 3.63) is 22.9 Å². The number of hydrogen-bond acceptors (Lipinski definition) is 3. The number of anilines is 1. The number of pyridine rings is 1. The second-order valence-corrected chi connectivity index (χ2v) is 5.66. The molecule has 108 valence electrons. The number of nitrogens with one attached hydrogen (secondary N) is 1. The average molecular weight is 271 g/mol. The summed E-state index contributed by atoms with van der Waals surface area (Å²) < 4.78 is 0. The molecule has 0 spiro atoms. The standard InChI is InChI=1S/C17H25N3/c1-5-9-20(10-6-2)17-16(12-18-15-7-8-15)13(3)11-14(4)19-17/h1,11,15,18H,6-10,12H2,2-4H3. The number of terminal acetylenes is 1. The van der Waals surface area contributed by atoms with Crippen LogP contribution in [0, 0.1) is 26.2 Å². The summed E-state index contributed by atoms with van der Waals surface area (Å²) in [6, 6.07) is 2.86. The average Bonchev–Trinajstić information content (AvgIpc) is 3.21. The molecule has 2 rings (SSSR count). The van der Waals surface area contributed by atoms with Crippen LogP contribution in [0.4, 0.5) is 5.82 Å². The van der Waals surface area contributed by atoms with Gasteiger partial charge in [0.2, 0.25) is 0 Å². The summed E-state index contributed by atoms with van der Waals surface area (Å²) in [6.45, 7) is 8.87. The highest BCUT2D eigenvalue weighted by atomic mass is 15.2. The minimum Gasteiger partial charge on any atom is -0.345 e. The third-order valence-electron chi connectivity index (χ3n) is 3.67. The molecule has 0 amide bonds. The first-order valence-corrected chi connectivity index (χ1v) is 7.54. The molecule has 1 fully saturated rings. The second-order valence-electron chi connectivity index (χ2n) is 5.66. The highest BCUT2D eigenvalue weighted by Crippen LogP contribution is 2.25. The van der Waals surface area contributed by atoms with Gasteiger partial charge in [-0.3, -0.25) is 0 Å². The van der Waals surface area contributed by atoms with Gasteiger partial charge in [-0.05, 0) is 44.7 Å². The van der Waals surface area contributed by atoms with Crippen LogP contribution in [-0.4, -0.2) is 24.1 Å². The van der Waals surface area contributed by atoms with Crippen LogP contribution in [0.5, 0.6) is 0 Å². The summed E-state index contributed by atoms with van der Waals surface area (Å²) in [6.07, 6.45) is 9.20. The van der Waals surface area contributed by atoms with Crippen LogP contribution in [0.15, 0.2) is 6.07 Å². The van der Waals surface area contributed by atoms with Gasteiger partial charge in [0.05, 0.1) is 6.54 Å². The molecular weight excluding hydrogens is 246 g/mol. The van der Waals surface area contributed by atoms with Gasteiger partial charge in [0, 0.05) is 30.4 Å². The Morgan fingerprint density at radius 2 is 2.20 bits per heavy atom. The molecule has 1 aliphatic carbocycles. The summed E-state index contributed by atoms with van der Waals surface area (Å²) >= 11 is 0. The minimum absolute atomic E-state index is 0.625. The van der Waals surface area contributed by atoms with Crippen LogP contribution in [0.3, 0.4) is 0 Å². The molecule has 0 unspecified atom stereocenters. The number of hydrogen-bond donors (Lipinski definition) is 1. The molecule has 1 aliphatic rings. The quantitative estimate of drug-likeness (QED) is 0.773. The van der Waals surface area contributed by atoms with Gasteiger partial charge in [0.1, 0.15) is 5.82 Å². The van der Waals surface area contributed by atoms with E-state index in [2.05, 4.69) is 43.0 Å². The Balaban J connectivity index is 2.28. The van der Waals surface area contributed by atoms with E-state index in [0.717, 1.165) is 31.0 Å². The maximum atomic E-state index is 5.52. The molecule has 1 heterocycles. The molecule has 3 nitrogen and oxygen atoms in total. The third kappa shape index (κ3) is 3.74. The van der Waals surface area contributed by atoms with Crippen LogP contribution < -0.4 is 10.2 Å². The van der Waals surface area contributed by atoms with Crippen molar-refractivity contribution >= 4 is 5.82 Å². The molecule has 0 saturated heterocycles. The number of nitrogens with zero attached hydrogens (tertiary/aromatic N) is 2. The lowest BCUT2D eigenvalue weighted by Crippen LogP contribution is -2.28. The van der Waals surface area contributed by atoms with Gasteiger partial charge in [-0.25, -0.2) is 4.98 Å². The zero-order valence-corrected chi connectivity index (χ0v) is 12.9. The molecule has 0 aliphatic heterocycles. The van der Waals surface area contributed by atoms with E-state index in [1.165, 1.54) is 24.0 Å². The highest BCUT2D eigenvalue weighted by molar-refractivity contribution is 5.52. The number of aryl methyl sites for hydroxylation is 2. The maximum absolute atomic E-state index is 5.52. The molecule has 1 aromatic rings. The lowest BCUT2D eigenvalue weighted by molar-refractivity contribution is 0.677. The topological polar surface area (TPSA) is 28.2 Å². The fourth-order valence-electron chi connectivity index (χ4n) is 2.50. The summed E-state index contributed by atoms with van der Waals surface area (Å²) in [5, 5.41) is 3.59. The van der Waals surface area contributed by atoms with Crippen molar-refractivity contribution in [1.29, 1.82) is 0 Å². The van der Waals surface area contributed by atoms with Gasteiger partial charge < -0.3 is 10.2 Å². The SMILES string of the molecule is C#CCN(CCC)c1nc(C)cc(C)c1CNC1CC1. The lowest BCUT2D eigenvalue weighted by atomic mass is 10.1. The maximum Gasteiger partial charge on any atom is 0.134 e. The van der Waals surface area contributed by atoms with E-state index in [9.17, 15) is 0 Å². The van der Waals surface area contributed by atoms with Crippen molar-refractivity contribution < 1.29 is 0 Å². The van der Waals surface area contributed by atoms with Gasteiger partial charge in [-0.1, -0.05) is 12.8 Å². The first-order valence-electron chi connectivity index (χ1n) is 7.54. The molecule has 0 radical (unpaired) electrons. The summed E-state index contributed by atoms with van der Waals surface area (Å²) in [5.41, 5.74) is 3.66. The monoisotopic (exact) mass is 271 g/mol. The van der Waals surface area contributed by atoms with Gasteiger partial charge in [-0.2, -0.15) is 0 Å². The van der Waals surface area contributed by atoms with Crippen molar-refractivity contribution in [2.45, 2.75) is 52.6 Å². The van der Waals surface area contributed by atoms with Gasteiger partial charge >= 0.3 is 0 Å². The smallest absolute Gasteiger partial charge is 0.134 e. The Morgan fingerprint density at radius 1 is 1.45 bits per heavy atom. The molecule has 1 aromatic heterocycles. The van der Waals surface area contributed by atoms with E-state index >= 15 is 0 Å². The van der Waals surface area contributed by atoms with E-state index in [0.29, 0.717) is 12.6 Å². The van der Waals surface area contributed by atoms with E-state index in [1.54, 1.807) is 0 Å². The van der Waals surface area contributed by atoms with Crippen molar-refractivity contribution in [1.82, 2.24) is 10.3 Å². The van der Waals surface area contributed by atoms with Crippen molar-refractivity contribution in [3.63, 3.8) is 0 Å². The molecule has 0 atom stereocenters. The van der Waals surface area contributed by atoms with E-state index in [1.807, 2.05) is 0 Å². The molecular formula is C17H25N3. The fourth-order valence-corrected chi connectivity index (χ4v) is 2.50. The zero-order chi connectivity index (χ0) is 14.5. The predicted octanol–water partition coefficient (Wildman–Crippen LogP) is 2.80. The van der Waals surface area contributed by atoms with Crippen LogP contribution in [0.25, 0.3) is 0 Å². The summed E-state index contributed by atoms with van der Waals surface area (Å²) in [5.74, 6) is 3.83. The van der Waals surface area contributed by atoms with Crippen molar-refractivity contribution in [2.75, 3.05) is 18.0 Å². The lowest BCUT2D eigenvalue weighted by Gasteiger charge is -2.25. The van der Waals surface area contributed by atoms with E-state index in [4.69, 9.17) is 11.4 Å². The second kappa shape index (κ2) is 6.76. The Morgan fingerprint density at radius 3 is 2.80 bits per heavy atom. The van der Waals surface area contributed by atoms with Crippen LogP contribution in [0.2, 0.25) is 0 Å². The Labute approximate surface area is 122 Å². The van der Waals surface area contributed by atoms with Crippen LogP contribution >= 0.6 is 0 Å². The first-order chi connectivity index (χ1) is 9.65. The zero-order valence-electron chi connectivity index (χ0n) is 12.9. The molecule has 1 N–H and O–H groups in total. The minimum atomic E-state index is 0.625. The Kier molecular flexibility index (Phi) is 5.03. The highest BCUT2D eigenvalue weighted by Gasteiger charge is 2.22.